The van der Waals surface area contributed by atoms with Crippen LogP contribution in [0.25, 0.3) is 0 Å². The number of benzene rings is 1. The first-order chi connectivity index (χ1) is 7.66. The molecule has 0 amide bonds. The van der Waals surface area contributed by atoms with Crippen LogP contribution >= 0.6 is 15.9 Å². The van der Waals surface area contributed by atoms with Gasteiger partial charge in [-0.25, -0.2) is 9.37 Å². The number of halogens is 2. The molecule has 1 aromatic heterocycles. The Morgan fingerprint density at radius 1 is 1.50 bits per heavy atom. The molecular weight excluding hydrogens is 275 g/mol. The van der Waals surface area contributed by atoms with Gasteiger partial charge in [0.05, 0.1) is 18.2 Å². The van der Waals surface area contributed by atoms with Gasteiger partial charge in [-0.3, -0.25) is 0 Å². The number of aromatic nitrogens is 2. The van der Waals surface area contributed by atoms with E-state index in [1.54, 1.807) is 24.7 Å². The highest BCUT2D eigenvalue weighted by Crippen LogP contribution is 2.22. The smallest absolute Gasteiger partial charge is 0.166 e. The van der Waals surface area contributed by atoms with Crippen molar-refractivity contribution in [2.45, 2.75) is 6.61 Å². The van der Waals surface area contributed by atoms with Crippen LogP contribution < -0.4 is 4.74 Å². The molecule has 16 heavy (non-hydrogen) atoms. The molecular formula is C11H10BrFN2O. The van der Waals surface area contributed by atoms with Crippen LogP contribution in [0.1, 0.15) is 5.69 Å². The number of aryl methyl sites for hydroxylation is 1. The van der Waals surface area contributed by atoms with Crippen LogP contribution in [0, 0.1) is 5.82 Å². The summed E-state index contributed by atoms with van der Waals surface area (Å²) in [6.45, 7) is 0.301. The summed E-state index contributed by atoms with van der Waals surface area (Å²) in [6.07, 6.45) is 3.37. The van der Waals surface area contributed by atoms with Crippen molar-refractivity contribution in [2.75, 3.05) is 0 Å². The lowest BCUT2D eigenvalue weighted by molar-refractivity contribution is 0.282. The molecule has 2 rings (SSSR count). The third-order valence-electron chi connectivity index (χ3n) is 2.19. The van der Waals surface area contributed by atoms with E-state index >= 15 is 0 Å². The van der Waals surface area contributed by atoms with E-state index in [0.29, 0.717) is 11.1 Å². The van der Waals surface area contributed by atoms with Crippen LogP contribution in [-0.2, 0) is 13.7 Å². The zero-order valence-electron chi connectivity index (χ0n) is 8.65. The largest absolute Gasteiger partial charge is 0.484 e. The molecule has 1 aromatic carbocycles. The van der Waals surface area contributed by atoms with E-state index in [0.717, 1.165) is 5.69 Å². The van der Waals surface area contributed by atoms with E-state index < -0.39 is 0 Å². The lowest BCUT2D eigenvalue weighted by atomic mass is 10.3. The maximum Gasteiger partial charge on any atom is 0.166 e. The quantitative estimate of drug-likeness (QED) is 0.867. The Hall–Kier alpha value is -1.36. The highest BCUT2D eigenvalue weighted by molar-refractivity contribution is 9.10. The molecule has 5 heteroatoms. The third kappa shape index (κ3) is 2.41. The van der Waals surface area contributed by atoms with Gasteiger partial charge < -0.3 is 9.30 Å². The van der Waals surface area contributed by atoms with Gasteiger partial charge in [0.1, 0.15) is 6.61 Å². The predicted molar refractivity (Wildman–Crippen MR) is 61.6 cm³/mol. The maximum atomic E-state index is 13.4. The molecule has 0 saturated carbocycles. The van der Waals surface area contributed by atoms with Crippen molar-refractivity contribution in [3.05, 3.63) is 46.7 Å². The van der Waals surface area contributed by atoms with Crippen molar-refractivity contribution in [2.24, 2.45) is 7.05 Å². The van der Waals surface area contributed by atoms with Gasteiger partial charge in [-0.1, -0.05) is 15.9 Å². The molecule has 0 saturated heterocycles. The van der Waals surface area contributed by atoms with Crippen LogP contribution in [0.3, 0.4) is 0 Å². The van der Waals surface area contributed by atoms with Crippen molar-refractivity contribution < 1.29 is 9.13 Å². The number of ether oxygens (including phenoxy) is 1. The summed E-state index contributed by atoms with van der Waals surface area (Å²) in [5, 5.41) is 0. The summed E-state index contributed by atoms with van der Waals surface area (Å²) >= 11 is 3.19. The first-order valence-corrected chi connectivity index (χ1v) is 5.49. The molecule has 0 bridgehead atoms. The van der Waals surface area contributed by atoms with Crippen LogP contribution in [0.15, 0.2) is 35.2 Å². The second kappa shape index (κ2) is 4.65. The first-order valence-electron chi connectivity index (χ1n) is 4.70. The zero-order chi connectivity index (χ0) is 11.5. The third-order valence-corrected chi connectivity index (χ3v) is 2.68. The molecule has 84 valence electrons. The number of nitrogens with zero attached hydrogens (tertiary/aromatic N) is 2. The van der Waals surface area contributed by atoms with Crippen LogP contribution in [-0.4, -0.2) is 9.55 Å². The second-order valence-electron chi connectivity index (χ2n) is 3.36. The number of imidazole rings is 1. The lowest BCUT2D eigenvalue weighted by Crippen LogP contribution is -2.02. The van der Waals surface area contributed by atoms with Crippen LogP contribution in [0.4, 0.5) is 4.39 Å². The Kier molecular flexibility index (Phi) is 3.24. The van der Waals surface area contributed by atoms with Gasteiger partial charge in [0.15, 0.2) is 11.6 Å². The monoisotopic (exact) mass is 284 g/mol. The van der Waals surface area contributed by atoms with E-state index in [-0.39, 0.29) is 11.6 Å². The SMILES string of the molecule is Cn1cncc1COc1ccc(Br)cc1F. The van der Waals surface area contributed by atoms with Crippen LogP contribution in [0.5, 0.6) is 5.75 Å². The molecule has 2 aromatic rings. The van der Waals surface area contributed by atoms with Gasteiger partial charge >= 0.3 is 0 Å². The minimum absolute atomic E-state index is 0.240. The Balaban J connectivity index is 2.08. The fourth-order valence-electron chi connectivity index (χ4n) is 1.27. The normalized spacial score (nSPS) is 10.4. The van der Waals surface area contributed by atoms with Crippen molar-refractivity contribution in [3.8, 4) is 5.75 Å². The van der Waals surface area contributed by atoms with E-state index in [2.05, 4.69) is 20.9 Å². The van der Waals surface area contributed by atoms with Crippen molar-refractivity contribution in [1.29, 1.82) is 0 Å². The summed E-state index contributed by atoms with van der Waals surface area (Å²) in [4.78, 5) is 3.95. The average Bonchev–Trinajstić information content (AvgIpc) is 2.63. The average molecular weight is 285 g/mol. The van der Waals surface area contributed by atoms with E-state index in [4.69, 9.17) is 4.74 Å². The van der Waals surface area contributed by atoms with Crippen LogP contribution in [0.2, 0.25) is 0 Å². The van der Waals surface area contributed by atoms with E-state index in [9.17, 15) is 4.39 Å². The standard InChI is InChI=1S/C11H10BrFN2O/c1-15-7-14-5-9(15)6-16-11-3-2-8(12)4-10(11)13/h2-5,7H,6H2,1H3. The number of rotatable bonds is 3. The first kappa shape index (κ1) is 11.1. The van der Waals surface area contributed by atoms with Gasteiger partial charge in [-0.05, 0) is 18.2 Å². The van der Waals surface area contributed by atoms with Crippen molar-refractivity contribution in [3.63, 3.8) is 0 Å². The molecule has 0 fully saturated rings. The Morgan fingerprint density at radius 3 is 2.94 bits per heavy atom. The fourth-order valence-corrected chi connectivity index (χ4v) is 1.60. The molecule has 0 N–H and O–H groups in total. The van der Waals surface area contributed by atoms with Gasteiger partial charge in [0, 0.05) is 11.5 Å². The molecule has 1 heterocycles. The highest BCUT2D eigenvalue weighted by Gasteiger charge is 2.05. The summed E-state index contributed by atoms with van der Waals surface area (Å²) in [5.74, 6) is -0.138. The van der Waals surface area contributed by atoms with Gasteiger partial charge in [0.25, 0.3) is 0 Å². The van der Waals surface area contributed by atoms with Gasteiger partial charge in [-0.2, -0.15) is 0 Å². The molecule has 3 nitrogen and oxygen atoms in total. The molecule has 0 spiro atoms. The summed E-state index contributed by atoms with van der Waals surface area (Å²) in [5.41, 5.74) is 0.891. The van der Waals surface area contributed by atoms with Gasteiger partial charge in [-0.15, -0.1) is 0 Å². The minimum atomic E-state index is -0.378. The van der Waals surface area contributed by atoms with Gasteiger partial charge in [0.2, 0.25) is 0 Å². The molecule has 0 radical (unpaired) electrons. The fraction of sp³-hybridized carbons (Fsp3) is 0.182. The predicted octanol–water partition coefficient (Wildman–Crippen LogP) is 2.90. The topological polar surface area (TPSA) is 27.1 Å². The Bertz CT molecular complexity index is 498. The molecule has 0 unspecified atom stereocenters. The molecule has 0 atom stereocenters. The highest BCUT2D eigenvalue weighted by atomic mass is 79.9. The van der Waals surface area contributed by atoms with E-state index in [1.807, 2.05) is 11.6 Å². The van der Waals surface area contributed by atoms with Crippen molar-refractivity contribution in [1.82, 2.24) is 9.55 Å². The molecule has 0 aliphatic carbocycles. The van der Waals surface area contributed by atoms with Crippen molar-refractivity contribution >= 4 is 15.9 Å². The zero-order valence-corrected chi connectivity index (χ0v) is 10.2. The lowest BCUT2D eigenvalue weighted by Gasteiger charge is -2.07. The number of hydrogen-bond acceptors (Lipinski definition) is 2. The summed E-state index contributed by atoms with van der Waals surface area (Å²) < 4.78 is 21.3. The maximum absolute atomic E-state index is 13.4. The summed E-state index contributed by atoms with van der Waals surface area (Å²) in [6, 6.07) is 4.70. The molecule has 0 aliphatic heterocycles. The Labute approximate surface area is 101 Å². The molecule has 0 aliphatic rings. The van der Waals surface area contributed by atoms with E-state index in [1.165, 1.54) is 6.07 Å². The number of hydrogen-bond donors (Lipinski definition) is 0. The second-order valence-corrected chi connectivity index (χ2v) is 4.27. The minimum Gasteiger partial charge on any atom is -0.484 e. The Morgan fingerprint density at radius 2 is 2.31 bits per heavy atom. The summed E-state index contributed by atoms with van der Waals surface area (Å²) in [7, 11) is 1.86.